The van der Waals surface area contributed by atoms with Crippen LogP contribution < -0.4 is 5.73 Å². The van der Waals surface area contributed by atoms with E-state index in [9.17, 15) is 13.6 Å². The van der Waals surface area contributed by atoms with Crippen LogP contribution in [0, 0.1) is 11.6 Å². The van der Waals surface area contributed by atoms with Crippen LogP contribution in [0.5, 0.6) is 0 Å². The van der Waals surface area contributed by atoms with Gasteiger partial charge in [-0.25, -0.2) is 8.78 Å². The maximum atomic E-state index is 13.5. The van der Waals surface area contributed by atoms with Gasteiger partial charge in [0.15, 0.2) is 5.78 Å². The minimum atomic E-state index is -0.820. The molecule has 0 saturated heterocycles. The Balaban J connectivity index is 2.13. The van der Waals surface area contributed by atoms with E-state index in [1.807, 2.05) is 19.1 Å². The summed E-state index contributed by atoms with van der Waals surface area (Å²) in [7, 11) is 0. The van der Waals surface area contributed by atoms with E-state index in [4.69, 9.17) is 5.73 Å². The van der Waals surface area contributed by atoms with E-state index in [1.165, 1.54) is 6.07 Å². The topological polar surface area (TPSA) is 43.1 Å². The van der Waals surface area contributed by atoms with E-state index in [-0.39, 0.29) is 23.7 Å². The number of hydrogen-bond donors (Lipinski definition) is 1. The Morgan fingerprint density at radius 3 is 2.40 bits per heavy atom. The molecule has 0 saturated carbocycles. The quantitative estimate of drug-likeness (QED) is 0.678. The number of nitrogens with two attached hydrogens (primary N) is 1. The van der Waals surface area contributed by atoms with Crippen molar-refractivity contribution in [2.45, 2.75) is 19.3 Å². The van der Waals surface area contributed by atoms with E-state index < -0.39 is 11.6 Å². The first-order valence-electron chi connectivity index (χ1n) is 6.31. The van der Waals surface area contributed by atoms with E-state index in [0.29, 0.717) is 5.69 Å². The van der Waals surface area contributed by atoms with Gasteiger partial charge in [0.25, 0.3) is 0 Å². The highest BCUT2D eigenvalue weighted by Gasteiger charge is 2.16. The average Bonchev–Trinajstić information content (AvgIpc) is 2.39. The molecule has 0 amide bonds. The highest BCUT2D eigenvalue weighted by Crippen LogP contribution is 2.23. The monoisotopic (exact) mass is 275 g/mol. The summed E-state index contributed by atoms with van der Waals surface area (Å²) in [5, 5.41) is 0. The van der Waals surface area contributed by atoms with Crippen molar-refractivity contribution in [1.29, 1.82) is 0 Å². The van der Waals surface area contributed by atoms with Gasteiger partial charge in [0.2, 0.25) is 0 Å². The van der Waals surface area contributed by atoms with Gasteiger partial charge in [0.05, 0.1) is 5.56 Å². The maximum Gasteiger partial charge on any atom is 0.166 e. The van der Waals surface area contributed by atoms with Crippen LogP contribution in [0.4, 0.5) is 14.5 Å². The highest BCUT2D eigenvalue weighted by atomic mass is 19.1. The predicted octanol–water partition coefficient (Wildman–Crippen LogP) is 3.92. The van der Waals surface area contributed by atoms with Crippen molar-refractivity contribution >= 4 is 11.5 Å². The zero-order valence-electron chi connectivity index (χ0n) is 11.1. The Labute approximate surface area is 116 Å². The molecule has 0 heterocycles. The van der Waals surface area contributed by atoms with Crippen molar-refractivity contribution < 1.29 is 13.6 Å². The minimum Gasteiger partial charge on any atom is -0.399 e. The molecule has 1 unspecified atom stereocenters. The summed E-state index contributed by atoms with van der Waals surface area (Å²) < 4.78 is 26.3. The normalized spacial score (nSPS) is 12.2. The summed E-state index contributed by atoms with van der Waals surface area (Å²) >= 11 is 0. The molecule has 0 radical (unpaired) electrons. The van der Waals surface area contributed by atoms with E-state index in [0.717, 1.165) is 17.7 Å². The molecule has 0 fully saturated rings. The molecule has 0 aliphatic heterocycles. The highest BCUT2D eigenvalue weighted by molar-refractivity contribution is 5.96. The Bertz CT molecular complexity index is 623. The fraction of sp³-hybridized carbons (Fsp3) is 0.188. The molecule has 2 rings (SSSR count). The number of carbonyl (C=O) groups is 1. The smallest absolute Gasteiger partial charge is 0.166 e. The van der Waals surface area contributed by atoms with Crippen LogP contribution in [0.3, 0.4) is 0 Å². The van der Waals surface area contributed by atoms with Crippen LogP contribution in [0.15, 0.2) is 42.5 Å². The van der Waals surface area contributed by atoms with Gasteiger partial charge in [-0.05, 0) is 35.7 Å². The number of halogens is 2. The molecule has 0 spiro atoms. The fourth-order valence-electron chi connectivity index (χ4n) is 2.05. The second kappa shape index (κ2) is 5.82. The fourth-order valence-corrected chi connectivity index (χ4v) is 2.05. The van der Waals surface area contributed by atoms with Gasteiger partial charge in [-0.3, -0.25) is 4.79 Å². The Kier molecular flexibility index (Phi) is 4.13. The lowest BCUT2D eigenvalue weighted by Gasteiger charge is -2.11. The van der Waals surface area contributed by atoms with Crippen LogP contribution in [0.1, 0.15) is 35.2 Å². The van der Waals surface area contributed by atoms with Crippen LogP contribution in [-0.2, 0) is 0 Å². The number of hydrogen-bond acceptors (Lipinski definition) is 2. The van der Waals surface area contributed by atoms with Crippen molar-refractivity contribution in [1.82, 2.24) is 0 Å². The van der Waals surface area contributed by atoms with Crippen molar-refractivity contribution in [2.75, 3.05) is 5.73 Å². The van der Waals surface area contributed by atoms with Gasteiger partial charge in [-0.1, -0.05) is 19.1 Å². The van der Waals surface area contributed by atoms with Gasteiger partial charge < -0.3 is 5.73 Å². The molecule has 104 valence electrons. The molecule has 1 atom stereocenters. The molecular weight excluding hydrogens is 260 g/mol. The van der Waals surface area contributed by atoms with Crippen LogP contribution in [0.25, 0.3) is 0 Å². The van der Waals surface area contributed by atoms with E-state index in [2.05, 4.69) is 0 Å². The number of ketones is 1. The van der Waals surface area contributed by atoms with Crippen LogP contribution in [0.2, 0.25) is 0 Å². The van der Waals surface area contributed by atoms with Crippen molar-refractivity contribution in [3.05, 3.63) is 65.2 Å². The molecule has 0 aliphatic rings. The molecule has 20 heavy (non-hydrogen) atoms. The summed E-state index contributed by atoms with van der Waals surface area (Å²) in [6.07, 6.45) is 0.159. The number of nitrogen functional groups attached to an aromatic ring is 1. The third kappa shape index (κ3) is 3.20. The average molecular weight is 275 g/mol. The molecule has 2 nitrogen and oxygen atoms in total. The Morgan fingerprint density at radius 1 is 1.15 bits per heavy atom. The van der Waals surface area contributed by atoms with Gasteiger partial charge >= 0.3 is 0 Å². The van der Waals surface area contributed by atoms with Gasteiger partial charge in [0.1, 0.15) is 11.6 Å². The summed E-state index contributed by atoms with van der Waals surface area (Å²) in [6, 6.07) is 10.2. The second-order valence-electron chi connectivity index (χ2n) is 4.82. The molecule has 0 aliphatic carbocycles. The third-order valence-electron chi connectivity index (χ3n) is 3.23. The predicted molar refractivity (Wildman–Crippen MR) is 74.6 cm³/mol. The first-order valence-corrected chi connectivity index (χ1v) is 6.31. The number of Topliss-reactive ketones (excluding diaryl/α,β-unsaturated/α-hetero) is 1. The van der Waals surface area contributed by atoms with Gasteiger partial charge in [-0.15, -0.1) is 0 Å². The molecule has 2 aromatic carbocycles. The largest absolute Gasteiger partial charge is 0.399 e. The van der Waals surface area contributed by atoms with Crippen molar-refractivity contribution in [3.63, 3.8) is 0 Å². The summed E-state index contributed by atoms with van der Waals surface area (Å²) in [6.45, 7) is 1.88. The standard InChI is InChI=1S/C16H15F2NO/c1-10(11-2-5-13(19)6-3-11)8-16(20)14-7-4-12(17)9-15(14)18/h2-7,9-10H,8,19H2,1H3. The Morgan fingerprint density at radius 2 is 1.80 bits per heavy atom. The van der Waals surface area contributed by atoms with Gasteiger partial charge in [-0.2, -0.15) is 0 Å². The van der Waals surface area contributed by atoms with E-state index in [1.54, 1.807) is 12.1 Å². The lowest BCUT2D eigenvalue weighted by molar-refractivity contribution is 0.0971. The van der Waals surface area contributed by atoms with Crippen molar-refractivity contribution in [2.24, 2.45) is 0 Å². The lowest BCUT2D eigenvalue weighted by atomic mass is 9.93. The maximum absolute atomic E-state index is 13.5. The second-order valence-corrected chi connectivity index (χ2v) is 4.82. The Hall–Kier alpha value is -2.23. The number of benzene rings is 2. The van der Waals surface area contributed by atoms with Crippen molar-refractivity contribution in [3.8, 4) is 0 Å². The number of anilines is 1. The number of rotatable bonds is 4. The van der Waals surface area contributed by atoms with Gasteiger partial charge in [0, 0.05) is 18.2 Å². The molecular formula is C16H15F2NO. The van der Waals surface area contributed by atoms with Crippen LogP contribution >= 0.6 is 0 Å². The third-order valence-corrected chi connectivity index (χ3v) is 3.23. The summed E-state index contributed by atoms with van der Waals surface area (Å²) in [4.78, 5) is 12.0. The van der Waals surface area contributed by atoms with E-state index >= 15 is 0 Å². The van der Waals surface area contributed by atoms with Crippen LogP contribution in [-0.4, -0.2) is 5.78 Å². The molecule has 2 aromatic rings. The zero-order chi connectivity index (χ0) is 14.7. The zero-order valence-corrected chi connectivity index (χ0v) is 11.1. The number of carbonyl (C=O) groups excluding carboxylic acids is 1. The molecule has 2 N–H and O–H groups in total. The summed E-state index contributed by atoms with van der Waals surface area (Å²) in [5.41, 5.74) is 7.13. The SMILES string of the molecule is CC(CC(=O)c1ccc(F)cc1F)c1ccc(N)cc1. The minimum absolute atomic E-state index is 0.0625. The first kappa shape index (κ1) is 14.2. The summed E-state index contributed by atoms with van der Waals surface area (Å²) in [5.74, 6) is -1.91. The molecule has 4 heteroatoms. The first-order chi connectivity index (χ1) is 9.47. The molecule has 0 aromatic heterocycles. The molecule has 0 bridgehead atoms. The lowest BCUT2D eigenvalue weighted by Crippen LogP contribution is -2.07.